The number of rotatable bonds is 3. The Bertz CT molecular complexity index is 326. The highest BCUT2D eigenvalue weighted by atomic mass is 16.5. The molecule has 14 heavy (non-hydrogen) atoms. The Morgan fingerprint density at radius 2 is 2.57 bits per heavy atom. The molecular weight excluding hydrogens is 182 g/mol. The fourth-order valence-corrected chi connectivity index (χ4v) is 1.58. The first-order valence-corrected chi connectivity index (χ1v) is 4.81. The van der Waals surface area contributed by atoms with Gasteiger partial charge in [-0.05, 0) is 19.8 Å². The van der Waals surface area contributed by atoms with E-state index in [0.717, 1.165) is 19.4 Å². The van der Waals surface area contributed by atoms with Crippen molar-refractivity contribution in [2.24, 2.45) is 0 Å². The van der Waals surface area contributed by atoms with Crippen LogP contribution in [0.4, 0.5) is 0 Å². The molecule has 0 saturated carbocycles. The van der Waals surface area contributed by atoms with Crippen LogP contribution in [0.25, 0.3) is 0 Å². The van der Waals surface area contributed by atoms with Crippen LogP contribution in [0, 0.1) is 0 Å². The van der Waals surface area contributed by atoms with Gasteiger partial charge in [0.2, 0.25) is 5.89 Å². The van der Waals surface area contributed by atoms with Gasteiger partial charge in [0.25, 0.3) is 0 Å². The van der Waals surface area contributed by atoms with E-state index in [4.69, 9.17) is 9.15 Å². The van der Waals surface area contributed by atoms with E-state index < -0.39 is 0 Å². The van der Waals surface area contributed by atoms with Crippen LogP contribution in [-0.4, -0.2) is 17.4 Å². The first-order valence-electron chi connectivity index (χ1n) is 4.81. The van der Waals surface area contributed by atoms with Crippen molar-refractivity contribution in [2.75, 3.05) is 6.61 Å². The predicted molar refractivity (Wildman–Crippen MR) is 48.8 cm³/mol. The van der Waals surface area contributed by atoms with E-state index in [1.807, 2.05) is 0 Å². The molecule has 1 atom stereocenters. The Kier molecular flexibility index (Phi) is 2.63. The number of Topliss-reactive ketones (excluding diaryl/α,β-unsaturated/α-hetero) is 1. The van der Waals surface area contributed by atoms with Crippen molar-refractivity contribution >= 4 is 5.78 Å². The van der Waals surface area contributed by atoms with Crippen molar-refractivity contribution in [3.63, 3.8) is 0 Å². The summed E-state index contributed by atoms with van der Waals surface area (Å²) in [6.07, 6.45) is 3.89. The number of oxazole rings is 1. The maximum atomic E-state index is 10.8. The number of ketones is 1. The normalized spacial score (nSPS) is 21.4. The van der Waals surface area contributed by atoms with E-state index >= 15 is 0 Å². The summed E-state index contributed by atoms with van der Waals surface area (Å²) >= 11 is 0. The molecule has 0 N–H and O–H groups in total. The van der Waals surface area contributed by atoms with E-state index in [1.54, 1.807) is 13.2 Å². The molecular formula is C10H13NO3. The minimum atomic E-state index is -0.00397. The van der Waals surface area contributed by atoms with Gasteiger partial charge in [0.15, 0.2) is 0 Å². The van der Waals surface area contributed by atoms with E-state index in [-0.39, 0.29) is 11.9 Å². The molecule has 4 heteroatoms. The van der Waals surface area contributed by atoms with Crippen molar-refractivity contribution in [1.82, 2.24) is 4.98 Å². The van der Waals surface area contributed by atoms with Crippen LogP contribution in [0.1, 0.15) is 37.5 Å². The Balaban J connectivity index is 2.05. The average Bonchev–Trinajstić information content (AvgIpc) is 2.69. The molecule has 1 fully saturated rings. The fraction of sp³-hybridized carbons (Fsp3) is 0.600. The molecule has 0 spiro atoms. The van der Waals surface area contributed by atoms with Gasteiger partial charge in [0.1, 0.15) is 18.2 Å². The van der Waals surface area contributed by atoms with E-state index in [2.05, 4.69) is 4.98 Å². The molecule has 2 heterocycles. The number of aromatic nitrogens is 1. The van der Waals surface area contributed by atoms with Crippen molar-refractivity contribution in [1.29, 1.82) is 0 Å². The summed E-state index contributed by atoms with van der Waals surface area (Å²) < 4.78 is 10.7. The fourth-order valence-electron chi connectivity index (χ4n) is 1.58. The lowest BCUT2D eigenvalue weighted by Crippen LogP contribution is -1.99. The largest absolute Gasteiger partial charge is 0.446 e. The quantitative estimate of drug-likeness (QED) is 0.736. The lowest BCUT2D eigenvalue weighted by Gasteiger charge is -2.01. The van der Waals surface area contributed by atoms with Crippen molar-refractivity contribution in [3.8, 4) is 0 Å². The van der Waals surface area contributed by atoms with Gasteiger partial charge in [-0.1, -0.05) is 0 Å². The molecule has 1 aliphatic heterocycles. The zero-order valence-electron chi connectivity index (χ0n) is 8.16. The van der Waals surface area contributed by atoms with Gasteiger partial charge in [0.05, 0.1) is 12.1 Å². The number of hydrogen-bond donors (Lipinski definition) is 0. The predicted octanol–water partition coefficient (Wildman–Crippen LogP) is 1.66. The van der Waals surface area contributed by atoms with E-state index in [9.17, 15) is 4.79 Å². The number of carbonyl (C=O) groups is 1. The number of carbonyl (C=O) groups excluding carboxylic acids is 1. The highest BCUT2D eigenvalue weighted by Crippen LogP contribution is 2.27. The number of ether oxygens (including phenoxy) is 1. The molecule has 4 nitrogen and oxygen atoms in total. The lowest BCUT2D eigenvalue weighted by atomic mass is 10.2. The highest BCUT2D eigenvalue weighted by Gasteiger charge is 2.22. The van der Waals surface area contributed by atoms with Gasteiger partial charge in [-0.3, -0.25) is 4.79 Å². The summed E-state index contributed by atoms with van der Waals surface area (Å²) in [4.78, 5) is 15.1. The topological polar surface area (TPSA) is 52.3 Å². The molecule has 76 valence electrons. The maximum absolute atomic E-state index is 10.8. The van der Waals surface area contributed by atoms with Gasteiger partial charge in [-0.2, -0.15) is 0 Å². The van der Waals surface area contributed by atoms with Gasteiger partial charge >= 0.3 is 0 Å². The molecule has 0 aromatic carbocycles. The molecule has 1 unspecified atom stereocenters. The minimum Gasteiger partial charge on any atom is -0.446 e. The third kappa shape index (κ3) is 2.01. The van der Waals surface area contributed by atoms with Crippen LogP contribution < -0.4 is 0 Å². The second-order valence-electron chi connectivity index (χ2n) is 3.56. The Morgan fingerprint density at radius 3 is 3.21 bits per heavy atom. The first kappa shape index (κ1) is 9.40. The van der Waals surface area contributed by atoms with Crippen molar-refractivity contribution in [3.05, 3.63) is 17.8 Å². The lowest BCUT2D eigenvalue weighted by molar-refractivity contribution is -0.116. The standard InChI is InChI=1S/C10H13NO3/c1-7(12)5-8-6-14-10(11-8)9-3-2-4-13-9/h6,9H,2-5H2,1H3. The second kappa shape index (κ2) is 3.92. The maximum Gasteiger partial charge on any atom is 0.223 e. The molecule has 0 aliphatic carbocycles. The molecule has 1 saturated heterocycles. The number of nitrogens with zero attached hydrogens (tertiary/aromatic N) is 1. The SMILES string of the molecule is CC(=O)Cc1coc(C2CCCO2)n1. The zero-order chi connectivity index (χ0) is 9.97. The summed E-state index contributed by atoms with van der Waals surface area (Å²) in [6, 6.07) is 0. The molecule has 0 radical (unpaired) electrons. The average molecular weight is 195 g/mol. The third-order valence-electron chi connectivity index (χ3n) is 2.20. The summed E-state index contributed by atoms with van der Waals surface area (Å²) in [5, 5.41) is 0. The van der Waals surface area contributed by atoms with Gasteiger partial charge in [0, 0.05) is 6.61 Å². The summed E-state index contributed by atoms with van der Waals surface area (Å²) in [6.45, 7) is 2.31. The monoisotopic (exact) mass is 195 g/mol. The van der Waals surface area contributed by atoms with E-state index in [0.29, 0.717) is 18.0 Å². The Morgan fingerprint density at radius 1 is 1.71 bits per heavy atom. The molecule has 1 aliphatic rings. The van der Waals surface area contributed by atoms with Crippen LogP contribution in [0.2, 0.25) is 0 Å². The van der Waals surface area contributed by atoms with Crippen LogP contribution in [0.3, 0.4) is 0 Å². The summed E-state index contributed by atoms with van der Waals surface area (Å²) in [5.74, 6) is 0.705. The molecule has 2 rings (SSSR count). The molecule has 1 aromatic heterocycles. The highest BCUT2D eigenvalue weighted by molar-refractivity contribution is 5.77. The summed E-state index contributed by atoms with van der Waals surface area (Å²) in [5.41, 5.74) is 0.697. The Hall–Kier alpha value is -1.16. The van der Waals surface area contributed by atoms with Crippen LogP contribution in [0.15, 0.2) is 10.7 Å². The minimum absolute atomic E-state index is 0.00397. The van der Waals surface area contributed by atoms with E-state index in [1.165, 1.54) is 0 Å². The second-order valence-corrected chi connectivity index (χ2v) is 3.56. The molecule has 0 bridgehead atoms. The van der Waals surface area contributed by atoms with Crippen molar-refractivity contribution < 1.29 is 13.9 Å². The van der Waals surface area contributed by atoms with Gasteiger partial charge in [-0.15, -0.1) is 0 Å². The number of hydrogen-bond acceptors (Lipinski definition) is 4. The smallest absolute Gasteiger partial charge is 0.223 e. The first-order chi connectivity index (χ1) is 6.75. The summed E-state index contributed by atoms with van der Waals surface area (Å²) in [7, 11) is 0. The molecule has 0 amide bonds. The third-order valence-corrected chi connectivity index (χ3v) is 2.20. The van der Waals surface area contributed by atoms with Crippen LogP contribution >= 0.6 is 0 Å². The zero-order valence-corrected chi connectivity index (χ0v) is 8.16. The van der Waals surface area contributed by atoms with Gasteiger partial charge < -0.3 is 9.15 Å². The van der Waals surface area contributed by atoms with Crippen LogP contribution in [-0.2, 0) is 16.0 Å². The molecule has 1 aromatic rings. The Labute approximate surface area is 82.3 Å². The van der Waals surface area contributed by atoms with Crippen molar-refractivity contribution in [2.45, 2.75) is 32.3 Å². The van der Waals surface area contributed by atoms with Gasteiger partial charge in [-0.25, -0.2) is 4.98 Å². The van der Waals surface area contributed by atoms with Crippen LogP contribution in [0.5, 0.6) is 0 Å².